The molecule has 156 valence electrons. The number of Topliss-reactive ketones (excluding diaryl/α,β-unsaturated/α-hetero) is 1. The monoisotopic (exact) mass is 406 g/mol. The van der Waals surface area contributed by atoms with Crippen LogP contribution in [0.4, 0.5) is 4.39 Å². The molecule has 0 aromatic heterocycles. The molecular formula is C26H27FO3. The molecule has 0 saturated heterocycles. The van der Waals surface area contributed by atoms with Crippen LogP contribution in [-0.4, -0.2) is 5.78 Å². The van der Waals surface area contributed by atoms with E-state index in [4.69, 9.17) is 9.47 Å². The van der Waals surface area contributed by atoms with E-state index in [1.165, 1.54) is 18.6 Å². The average molecular weight is 406 g/mol. The molecule has 3 nitrogen and oxygen atoms in total. The Balaban J connectivity index is 1.60. The van der Waals surface area contributed by atoms with Crippen molar-refractivity contribution in [1.82, 2.24) is 0 Å². The van der Waals surface area contributed by atoms with Crippen molar-refractivity contribution in [2.45, 2.75) is 46.1 Å². The van der Waals surface area contributed by atoms with Crippen molar-refractivity contribution in [3.05, 3.63) is 89.2 Å². The molecule has 0 aliphatic carbocycles. The third-order valence-corrected chi connectivity index (χ3v) is 4.84. The molecule has 0 bridgehead atoms. The van der Waals surface area contributed by atoms with Crippen LogP contribution in [0.15, 0.2) is 66.7 Å². The van der Waals surface area contributed by atoms with Gasteiger partial charge >= 0.3 is 0 Å². The zero-order chi connectivity index (χ0) is 21.5. The number of halogens is 1. The Kier molecular flexibility index (Phi) is 7.23. The predicted octanol–water partition coefficient (Wildman–Crippen LogP) is 6.84. The van der Waals surface area contributed by atoms with Gasteiger partial charge in [0.25, 0.3) is 0 Å². The Labute approximate surface area is 177 Å². The van der Waals surface area contributed by atoms with Gasteiger partial charge in [0, 0.05) is 6.42 Å². The normalized spacial score (nSPS) is 10.8. The zero-order valence-electron chi connectivity index (χ0n) is 17.7. The number of hydrogen-bond donors (Lipinski definition) is 0. The zero-order valence-corrected chi connectivity index (χ0v) is 17.7. The standard InChI is InChI=1S/C26H27FO3/c1-18(2)22-10-12-23(13-11-22)30-24-6-4-5-21(15-24)17-29-26-14-9-20(16-25(26)27)8-7-19(3)28/h4-6,9-16,18H,7-8,17H2,1-3H3. The van der Waals surface area contributed by atoms with Crippen LogP contribution in [0, 0.1) is 5.82 Å². The van der Waals surface area contributed by atoms with Crippen LogP contribution >= 0.6 is 0 Å². The second-order valence-electron chi connectivity index (χ2n) is 7.73. The van der Waals surface area contributed by atoms with Gasteiger partial charge in [-0.25, -0.2) is 4.39 Å². The Hall–Kier alpha value is -3.14. The van der Waals surface area contributed by atoms with Crippen molar-refractivity contribution in [2.24, 2.45) is 0 Å². The summed E-state index contributed by atoms with van der Waals surface area (Å²) in [5.41, 5.74) is 2.93. The summed E-state index contributed by atoms with van der Waals surface area (Å²) in [6.07, 6.45) is 0.941. The fourth-order valence-corrected chi connectivity index (χ4v) is 3.05. The number of ether oxygens (including phenoxy) is 2. The first kappa shape index (κ1) is 21.6. The molecule has 3 aromatic carbocycles. The molecule has 0 heterocycles. The SMILES string of the molecule is CC(=O)CCc1ccc(OCc2cccc(Oc3ccc(C(C)C)cc3)c2)c(F)c1. The van der Waals surface area contributed by atoms with Crippen LogP contribution in [-0.2, 0) is 17.8 Å². The third kappa shape index (κ3) is 6.18. The highest BCUT2D eigenvalue weighted by Gasteiger charge is 2.07. The summed E-state index contributed by atoms with van der Waals surface area (Å²) in [4.78, 5) is 11.1. The van der Waals surface area contributed by atoms with Gasteiger partial charge in [0.2, 0.25) is 0 Å². The van der Waals surface area contributed by atoms with E-state index in [2.05, 4.69) is 26.0 Å². The lowest BCUT2D eigenvalue weighted by molar-refractivity contribution is -0.116. The van der Waals surface area contributed by atoms with Crippen LogP contribution in [0.3, 0.4) is 0 Å². The highest BCUT2D eigenvalue weighted by atomic mass is 19.1. The number of rotatable bonds is 9. The largest absolute Gasteiger partial charge is 0.486 e. The molecule has 0 atom stereocenters. The van der Waals surface area contributed by atoms with E-state index in [0.29, 0.717) is 24.5 Å². The lowest BCUT2D eigenvalue weighted by Crippen LogP contribution is -1.99. The second kappa shape index (κ2) is 10.1. The Morgan fingerprint density at radius 2 is 1.70 bits per heavy atom. The summed E-state index contributed by atoms with van der Waals surface area (Å²) in [5, 5.41) is 0. The van der Waals surface area contributed by atoms with Gasteiger partial charge in [-0.15, -0.1) is 0 Å². The summed E-state index contributed by atoms with van der Waals surface area (Å²) >= 11 is 0. The highest BCUT2D eigenvalue weighted by Crippen LogP contribution is 2.26. The van der Waals surface area contributed by atoms with Crippen molar-refractivity contribution in [1.29, 1.82) is 0 Å². The molecule has 0 fully saturated rings. The summed E-state index contributed by atoms with van der Waals surface area (Å²) in [5.74, 6) is 1.81. The first-order chi connectivity index (χ1) is 14.4. The molecule has 0 saturated carbocycles. The predicted molar refractivity (Wildman–Crippen MR) is 117 cm³/mol. The summed E-state index contributed by atoms with van der Waals surface area (Å²) in [6.45, 7) is 6.07. The number of carbonyl (C=O) groups excluding carboxylic acids is 1. The maximum atomic E-state index is 14.3. The lowest BCUT2D eigenvalue weighted by Gasteiger charge is -2.11. The minimum absolute atomic E-state index is 0.0914. The van der Waals surface area contributed by atoms with Gasteiger partial charge in [-0.2, -0.15) is 0 Å². The molecule has 0 unspecified atom stereocenters. The Bertz CT molecular complexity index is 993. The third-order valence-electron chi connectivity index (χ3n) is 4.84. The smallest absolute Gasteiger partial charge is 0.165 e. The number of carbonyl (C=O) groups is 1. The molecule has 3 aromatic rings. The van der Waals surface area contributed by atoms with Crippen molar-refractivity contribution < 1.29 is 18.7 Å². The summed E-state index contributed by atoms with van der Waals surface area (Å²) in [7, 11) is 0. The first-order valence-corrected chi connectivity index (χ1v) is 10.2. The van der Waals surface area contributed by atoms with Crippen LogP contribution in [0.2, 0.25) is 0 Å². The van der Waals surface area contributed by atoms with Gasteiger partial charge in [-0.1, -0.05) is 44.2 Å². The summed E-state index contributed by atoms with van der Waals surface area (Å²) in [6, 6.07) is 20.4. The van der Waals surface area contributed by atoms with E-state index in [-0.39, 0.29) is 18.1 Å². The van der Waals surface area contributed by atoms with E-state index in [0.717, 1.165) is 16.9 Å². The number of ketones is 1. The quantitative estimate of drug-likeness (QED) is 0.390. The molecule has 3 rings (SSSR count). The fourth-order valence-electron chi connectivity index (χ4n) is 3.05. The van der Waals surface area contributed by atoms with E-state index in [9.17, 15) is 9.18 Å². The fraction of sp³-hybridized carbons (Fsp3) is 0.269. The molecule has 0 amide bonds. The van der Waals surface area contributed by atoms with Gasteiger partial charge < -0.3 is 14.3 Å². The molecule has 30 heavy (non-hydrogen) atoms. The molecule has 4 heteroatoms. The minimum Gasteiger partial charge on any atom is -0.486 e. The van der Waals surface area contributed by atoms with E-state index < -0.39 is 5.82 Å². The highest BCUT2D eigenvalue weighted by molar-refractivity contribution is 5.75. The number of aryl methyl sites for hydroxylation is 1. The van der Waals surface area contributed by atoms with Crippen molar-refractivity contribution in [3.63, 3.8) is 0 Å². The van der Waals surface area contributed by atoms with Gasteiger partial charge in [-0.3, -0.25) is 0 Å². The topological polar surface area (TPSA) is 35.5 Å². The minimum atomic E-state index is -0.423. The van der Waals surface area contributed by atoms with Crippen molar-refractivity contribution in [2.75, 3.05) is 0 Å². The summed E-state index contributed by atoms with van der Waals surface area (Å²) < 4.78 is 25.9. The van der Waals surface area contributed by atoms with Gasteiger partial charge in [0.05, 0.1) is 0 Å². The van der Waals surface area contributed by atoms with Crippen molar-refractivity contribution in [3.8, 4) is 17.2 Å². The molecule has 0 N–H and O–H groups in total. The van der Waals surface area contributed by atoms with Crippen LogP contribution < -0.4 is 9.47 Å². The molecule has 0 spiro atoms. The van der Waals surface area contributed by atoms with Crippen molar-refractivity contribution >= 4 is 5.78 Å². The van der Waals surface area contributed by atoms with Crippen LogP contribution in [0.5, 0.6) is 17.2 Å². The van der Waals surface area contributed by atoms with E-state index in [1.54, 1.807) is 12.1 Å². The average Bonchev–Trinajstić information content (AvgIpc) is 2.72. The van der Waals surface area contributed by atoms with Crippen LogP contribution in [0.1, 0.15) is 49.8 Å². The van der Waals surface area contributed by atoms with E-state index >= 15 is 0 Å². The van der Waals surface area contributed by atoms with Gasteiger partial charge in [0.1, 0.15) is 23.9 Å². The maximum absolute atomic E-state index is 14.3. The van der Waals surface area contributed by atoms with Gasteiger partial charge in [0.15, 0.2) is 11.6 Å². The maximum Gasteiger partial charge on any atom is 0.165 e. The molecule has 0 radical (unpaired) electrons. The first-order valence-electron chi connectivity index (χ1n) is 10.2. The lowest BCUT2D eigenvalue weighted by atomic mass is 10.0. The molecular weight excluding hydrogens is 379 g/mol. The number of hydrogen-bond acceptors (Lipinski definition) is 3. The number of benzene rings is 3. The van der Waals surface area contributed by atoms with Crippen LogP contribution in [0.25, 0.3) is 0 Å². The second-order valence-corrected chi connectivity index (χ2v) is 7.73. The van der Waals surface area contributed by atoms with E-state index in [1.807, 2.05) is 36.4 Å². The Morgan fingerprint density at radius 1 is 0.933 bits per heavy atom. The molecule has 0 aliphatic rings. The van der Waals surface area contributed by atoms with Gasteiger partial charge in [-0.05, 0) is 72.4 Å². The Morgan fingerprint density at radius 3 is 2.37 bits per heavy atom. The molecule has 0 aliphatic heterocycles.